The summed E-state index contributed by atoms with van der Waals surface area (Å²) < 4.78 is 30.2. The molecule has 0 heterocycles. The molecule has 0 saturated heterocycles. The van der Waals surface area contributed by atoms with Crippen molar-refractivity contribution in [3.63, 3.8) is 0 Å². The molecule has 6 heteroatoms. The average molecular weight is 302 g/mol. The number of hydrogen-bond acceptors (Lipinski definition) is 3. The third kappa shape index (κ3) is 5.87. The van der Waals surface area contributed by atoms with Crippen molar-refractivity contribution in [1.29, 1.82) is 0 Å². The van der Waals surface area contributed by atoms with Crippen molar-refractivity contribution in [2.24, 2.45) is 0 Å². The Labute approximate surface area is 111 Å². The molecule has 2 aromatic carbocycles. The van der Waals surface area contributed by atoms with Gasteiger partial charge >= 0.3 is 39.3 Å². The van der Waals surface area contributed by atoms with Crippen molar-refractivity contribution >= 4 is 10.5 Å². The van der Waals surface area contributed by atoms with Crippen LogP contribution in [0.4, 0.5) is 0 Å². The first-order valence-corrected chi connectivity index (χ1v) is 8.11. The fourth-order valence-corrected chi connectivity index (χ4v) is 1.26. The maximum absolute atomic E-state index is 9.44. The minimum Gasteiger partial charge on any atom is -0.0622 e. The van der Waals surface area contributed by atoms with Gasteiger partial charge in [0.05, 0.1) is 0 Å². The molecule has 0 aromatic heterocycles. The van der Waals surface area contributed by atoms with E-state index in [0.717, 1.165) is 0 Å². The van der Waals surface area contributed by atoms with E-state index in [1.807, 2.05) is 12.1 Å². The molecule has 4 nitrogen and oxygen atoms in total. The molecule has 96 valence electrons. The van der Waals surface area contributed by atoms with Gasteiger partial charge in [-0.1, -0.05) is 60.7 Å². The molecule has 0 spiro atoms. The Balaban J connectivity index is 0.000000232. The maximum Gasteiger partial charge on any atom is -0.0184 e. The zero-order valence-corrected chi connectivity index (χ0v) is 13.1. The molecule has 0 unspecified atom stereocenters. The molecule has 0 aliphatic heterocycles. The first-order valence-electron chi connectivity index (χ1n) is 5.16. The zero-order chi connectivity index (χ0) is 13.4. The van der Waals surface area contributed by atoms with Crippen LogP contribution < -0.4 is 0 Å². The van der Waals surface area contributed by atoms with Crippen LogP contribution in [0, 0.1) is 0 Å². The molecule has 0 aliphatic carbocycles. The monoisotopic (exact) mass is 302 g/mol. The molecule has 0 aliphatic rings. The van der Waals surface area contributed by atoms with E-state index in [-0.39, 0.29) is 10.5 Å². The van der Waals surface area contributed by atoms with E-state index in [9.17, 15) is 7.61 Å². The van der Waals surface area contributed by atoms with Gasteiger partial charge in [-0.3, -0.25) is 0 Å². The van der Waals surface area contributed by atoms with Crippen LogP contribution in [0.5, 0.6) is 0 Å². The van der Waals surface area contributed by atoms with E-state index in [1.165, 1.54) is 11.1 Å². The SMILES string of the molecule is [O]=[Cr](=[O])([OH])[O][SiH3].c1ccc(-c2ccccc2)cc1. The molecular weight excluding hydrogens is 288 g/mol. The number of rotatable bonds is 2. The summed E-state index contributed by atoms with van der Waals surface area (Å²) in [7, 11) is 0.0424. The summed E-state index contributed by atoms with van der Waals surface area (Å²) in [6.45, 7) is 0. The molecular formula is C12H14CrO4Si. The summed E-state index contributed by atoms with van der Waals surface area (Å²) in [5.74, 6) is 0. The quantitative estimate of drug-likeness (QED) is 0.850. The predicted octanol–water partition coefficient (Wildman–Crippen LogP) is 1.30. The standard InChI is InChI=1S/C12H10.Cr.H3OSi.H2O.2O/c1-3-7-11(8-4-1)12-9-5-2-6-10-12;;1-2;;;/h1-10H;;2H3;1H2;;/q;+2;-1;;;/p-1. The van der Waals surface area contributed by atoms with Gasteiger partial charge in [0.25, 0.3) is 0 Å². The molecule has 0 atom stereocenters. The second-order valence-electron chi connectivity index (χ2n) is 3.33. The van der Waals surface area contributed by atoms with Crippen molar-refractivity contribution in [1.82, 2.24) is 0 Å². The van der Waals surface area contributed by atoms with E-state index >= 15 is 0 Å². The normalized spacial score (nSPS) is 10.5. The van der Waals surface area contributed by atoms with Crippen LogP contribution in [-0.4, -0.2) is 14.6 Å². The summed E-state index contributed by atoms with van der Waals surface area (Å²) >= 11 is -4.72. The van der Waals surface area contributed by atoms with E-state index in [1.54, 1.807) is 0 Å². The Morgan fingerprint density at radius 1 is 0.833 bits per heavy atom. The first-order chi connectivity index (χ1) is 8.53. The van der Waals surface area contributed by atoms with Gasteiger partial charge in [-0.15, -0.1) is 0 Å². The molecule has 0 amide bonds. The fourth-order valence-electron chi connectivity index (χ4n) is 1.26. The van der Waals surface area contributed by atoms with Crippen LogP contribution in [0.1, 0.15) is 0 Å². The first kappa shape index (κ1) is 14.8. The van der Waals surface area contributed by atoms with Crippen molar-refractivity contribution in [3.8, 4) is 11.1 Å². The maximum atomic E-state index is 9.44. The number of benzene rings is 2. The van der Waals surface area contributed by atoms with Gasteiger partial charge in [-0.05, 0) is 11.1 Å². The molecule has 0 saturated carbocycles. The minimum absolute atomic E-state index is 0.0424. The van der Waals surface area contributed by atoms with Gasteiger partial charge in [-0.2, -0.15) is 0 Å². The Morgan fingerprint density at radius 3 is 1.33 bits per heavy atom. The summed E-state index contributed by atoms with van der Waals surface area (Å²) in [4.78, 5) is 0. The third-order valence-electron chi connectivity index (χ3n) is 2.09. The van der Waals surface area contributed by atoms with E-state index in [0.29, 0.717) is 0 Å². The molecule has 0 fully saturated rings. The van der Waals surface area contributed by atoms with Crippen LogP contribution in [0.3, 0.4) is 0 Å². The van der Waals surface area contributed by atoms with Crippen LogP contribution in [0.2, 0.25) is 0 Å². The van der Waals surface area contributed by atoms with Crippen LogP contribution >= 0.6 is 0 Å². The molecule has 0 bridgehead atoms. The van der Waals surface area contributed by atoms with Crippen LogP contribution in [0.25, 0.3) is 11.1 Å². The molecule has 2 aromatic rings. The summed E-state index contributed by atoms with van der Waals surface area (Å²) in [6, 6.07) is 20.8. The third-order valence-corrected chi connectivity index (χ3v) is 4.49. The average Bonchev–Trinajstić information content (AvgIpc) is 2.41. The van der Waals surface area contributed by atoms with Crippen molar-refractivity contribution in [2.45, 2.75) is 0 Å². The molecule has 0 radical (unpaired) electrons. The van der Waals surface area contributed by atoms with Crippen molar-refractivity contribution < 1.29 is 28.9 Å². The van der Waals surface area contributed by atoms with Gasteiger partial charge in [-0.25, -0.2) is 0 Å². The summed E-state index contributed by atoms with van der Waals surface area (Å²) in [5, 5.41) is 0. The van der Waals surface area contributed by atoms with Gasteiger partial charge < -0.3 is 0 Å². The van der Waals surface area contributed by atoms with E-state index in [2.05, 4.69) is 52.0 Å². The fraction of sp³-hybridized carbons (Fsp3) is 0. The topological polar surface area (TPSA) is 63.6 Å². The minimum atomic E-state index is -4.72. The van der Waals surface area contributed by atoms with E-state index in [4.69, 9.17) is 4.16 Å². The number of hydrogen-bond donors (Lipinski definition) is 1. The van der Waals surface area contributed by atoms with Gasteiger partial charge in [0.1, 0.15) is 0 Å². The smallest absolute Gasteiger partial charge is 0.0184 e. The summed E-state index contributed by atoms with van der Waals surface area (Å²) in [6.07, 6.45) is 0. The van der Waals surface area contributed by atoms with Gasteiger partial charge in [0, 0.05) is 0 Å². The predicted molar refractivity (Wildman–Crippen MR) is 66.5 cm³/mol. The van der Waals surface area contributed by atoms with Crippen LogP contribution in [-0.2, 0) is 24.7 Å². The van der Waals surface area contributed by atoms with E-state index < -0.39 is 13.6 Å². The zero-order valence-electron chi connectivity index (χ0n) is 9.85. The van der Waals surface area contributed by atoms with Crippen molar-refractivity contribution in [3.05, 3.63) is 60.7 Å². The van der Waals surface area contributed by atoms with Crippen molar-refractivity contribution in [2.75, 3.05) is 0 Å². The Bertz CT molecular complexity index is 518. The Kier molecular flexibility index (Phi) is 5.92. The Hall–Kier alpha value is -1.29. The molecule has 1 N–H and O–H groups in total. The van der Waals surface area contributed by atoms with Gasteiger partial charge in [0.2, 0.25) is 0 Å². The van der Waals surface area contributed by atoms with Crippen LogP contribution in [0.15, 0.2) is 60.7 Å². The Morgan fingerprint density at radius 2 is 1.11 bits per heavy atom. The molecule has 18 heavy (non-hydrogen) atoms. The molecule has 2 rings (SSSR count). The largest absolute Gasteiger partial charge is 0.0622 e. The second kappa shape index (κ2) is 7.21. The summed E-state index contributed by atoms with van der Waals surface area (Å²) in [5.41, 5.74) is 2.55. The second-order valence-corrected chi connectivity index (χ2v) is 6.56. The van der Waals surface area contributed by atoms with Gasteiger partial charge in [0.15, 0.2) is 0 Å².